The van der Waals surface area contributed by atoms with Gasteiger partial charge < -0.3 is 5.11 Å². The SMILES string of the molecule is Cc1ccc(C2=NN(CCO)c3nc4c(c(=O)n(C)c(=O)n4C)n3[C@@H]2C)cc1. The van der Waals surface area contributed by atoms with Gasteiger partial charge >= 0.3 is 5.69 Å². The van der Waals surface area contributed by atoms with Crippen molar-refractivity contribution < 1.29 is 5.11 Å². The van der Waals surface area contributed by atoms with Gasteiger partial charge in [0.15, 0.2) is 11.2 Å². The van der Waals surface area contributed by atoms with Crippen molar-refractivity contribution in [1.29, 1.82) is 0 Å². The zero-order valence-electron chi connectivity index (χ0n) is 16.2. The number of hydrogen-bond acceptors (Lipinski definition) is 6. The van der Waals surface area contributed by atoms with Gasteiger partial charge in [-0.25, -0.2) is 9.80 Å². The number of benzene rings is 1. The zero-order valence-corrected chi connectivity index (χ0v) is 16.2. The molecule has 9 nitrogen and oxygen atoms in total. The topological polar surface area (TPSA) is 97.7 Å². The van der Waals surface area contributed by atoms with E-state index in [1.165, 1.54) is 11.6 Å². The standard InChI is InChI=1S/C19H22N6O3/c1-11-5-7-13(8-6-11)14-12(2)25-15-16(20-18(25)24(21-14)9-10-26)22(3)19(28)23(4)17(15)27/h5-8,12,26H,9-10H2,1-4H3/t12-/m1/s1. The molecule has 0 aliphatic carbocycles. The molecular formula is C19H22N6O3. The molecule has 0 fully saturated rings. The van der Waals surface area contributed by atoms with Gasteiger partial charge in [0, 0.05) is 14.1 Å². The number of aliphatic hydroxyl groups excluding tert-OH is 1. The lowest BCUT2D eigenvalue weighted by atomic mass is 10.0. The van der Waals surface area contributed by atoms with E-state index in [2.05, 4.69) is 4.98 Å². The van der Waals surface area contributed by atoms with E-state index in [1.54, 1.807) is 16.6 Å². The number of aliphatic hydroxyl groups is 1. The molecule has 3 aromatic rings. The maximum absolute atomic E-state index is 12.9. The third kappa shape index (κ3) is 2.50. The summed E-state index contributed by atoms with van der Waals surface area (Å²) in [6.07, 6.45) is 0. The van der Waals surface area contributed by atoms with E-state index in [1.807, 2.05) is 38.1 Å². The molecule has 2 aromatic heterocycles. The monoisotopic (exact) mass is 382 g/mol. The minimum Gasteiger partial charge on any atom is -0.394 e. The van der Waals surface area contributed by atoms with Gasteiger partial charge in [-0.3, -0.25) is 18.5 Å². The number of rotatable bonds is 3. The third-order valence-corrected chi connectivity index (χ3v) is 5.17. The van der Waals surface area contributed by atoms with E-state index >= 15 is 0 Å². The quantitative estimate of drug-likeness (QED) is 0.712. The molecule has 1 aliphatic rings. The first-order chi connectivity index (χ1) is 13.3. The predicted molar refractivity (Wildman–Crippen MR) is 107 cm³/mol. The van der Waals surface area contributed by atoms with Crippen LogP contribution in [-0.4, -0.2) is 42.7 Å². The average molecular weight is 382 g/mol. The molecule has 0 saturated heterocycles. The normalized spacial score (nSPS) is 16.4. The second-order valence-electron chi connectivity index (χ2n) is 7.03. The number of hydrogen-bond donors (Lipinski definition) is 1. The fourth-order valence-corrected chi connectivity index (χ4v) is 3.60. The second-order valence-corrected chi connectivity index (χ2v) is 7.03. The zero-order chi connectivity index (χ0) is 20.2. The summed E-state index contributed by atoms with van der Waals surface area (Å²) >= 11 is 0. The molecule has 1 aliphatic heterocycles. The first-order valence-electron chi connectivity index (χ1n) is 9.07. The van der Waals surface area contributed by atoms with E-state index in [4.69, 9.17) is 5.10 Å². The van der Waals surface area contributed by atoms with Gasteiger partial charge in [-0.1, -0.05) is 29.8 Å². The molecule has 0 amide bonds. The summed E-state index contributed by atoms with van der Waals surface area (Å²) in [4.78, 5) is 29.8. The number of aromatic nitrogens is 4. The highest BCUT2D eigenvalue weighted by Gasteiger charge is 2.32. The summed E-state index contributed by atoms with van der Waals surface area (Å²) in [5.74, 6) is 0.436. The predicted octanol–water partition coefficient (Wildman–Crippen LogP) is 0.520. The van der Waals surface area contributed by atoms with Crippen LogP contribution in [0.5, 0.6) is 0 Å². The fraction of sp³-hybridized carbons (Fsp3) is 0.368. The molecule has 0 saturated carbocycles. The number of fused-ring (bicyclic) bond motifs is 3. The van der Waals surface area contributed by atoms with Crippen molar-refractivity contribution in [3.63, 3.8) is 0 Å². The fourth-order valence-electron chi connectivity index (χ4n) is 3.60. The number of imidazole rings is 1. The minimum absolute atomic E-state index is 0.126. The van der Waals surface area contributed by atoms with Crippen LogP contribution >= 0.6 is 0 Å². The number of aryl methyl sites for hydroxylation is 2. The molecule has 1 aromatic carbocycles. The van der Waals surface area contributed by atoms with Gasteiger partial charge in [0.1, 0.15) is 0 Å². The Hall–Kier alpha value is -3.20. The molecule has 0 spiro atoms. The highest BCUT2D eigenvalue weighted by Crippen LogP contribution is 2.31. The lowest BCUT2D eigenvalue weighted by Crippen LogP contribution is -2.39. The number of hydrazone groups is 1. The van der Waals surface area contributed by atoms with Crippen molar-refractivity contribution in [2.24, 2.45) is 19.2 Å². The van der Waals surface area contributed by atoms with E-state index in [0.717, 1.165) is 21.4 Å². The van der Waals surface area contributed by atoms with Gasteiger partial charge in [0.2, 0.25) is 5.95 Å². The van der Waals surface area contributed by atoms with Gasteiger partial charge in [0.05, 0.1) is 24.9 Å². The Morgan fingerprint density at radius 2 is 1.79 bits per heavy atom. The molecule has 0 radical (unpaired) electrons. The summed E-state index contributed by atoms with van der Waals surface area (Å²) in [5, 5.41) is 15.8. The Labute approximate surface area is 160 Å². The molecule has 9 heteroatoms. The average Bonchev–Trinajstić information content (AvgIpc) is 3.09. The Morgan fingerprint density at radius 1 is 1.11 bits per heavy atom. The summed E-state index contributed by atoms with van der Waals surface area (Å²) in [7, 11) is 3.05. The molecule has 0 unspecified atom stereocenters. The van der Waals surface area contributed by atoms with Crippen LogP contribution in [0.2, 0.25) is 0 Å². The summed E-state index contributed by atoms with van der Waals surface area (Å²) < 4.78 is 4.24. The first kappa shape index (κ1) is 18.2. The van der Waals surface area contributed by atoms with Crippen molar-refractivity contribution in [2.45, 2.75) is 19.9 Å². The third-order valence-electron chi connectivity index (χ3n) is 5.17. The summed E-state index contributed by atoms with van der Waals surface area (Å²) in [6.45, 7) is 4.06. The van der Waals surface area contributed by atoms with Crippen LogP contribution in [0, 0.1) is 6.92 Å². The highest BCUT2D eigenvalue weighted by molar-refractivity contribution is 6.05. The molecule has 4 rings (SSSR count). The van der Waals surface area contributed by atoms with Crippen LogP contribution in [-0.2, 0) is 14.1 Å². The molecule has 3 heterocycles. The van der Waals surface area contributed by atoms with Gasteiger partial charge in [-0.2, -0.15) is 10.1 Å². The van der Waals surface area contributed by atoms with Crippen molar-refractivity contribution in [2.75, 3.05) is 18.2 Å². The van der Waals surface area contributed by atoms with E-state index in [9.17, 15) is 14.7 Å². The van der Waals surface area contributed by atoms with Gasteiger partial charge in [0.25, 0.3) is 5.56 Å². The smallest absolute Gasteiger partial charge is 0.332 e. The second kappa shape index (κ2) is 6.45. The number of nitrogens with zero attached hydrogens (tertiary/aromatic N) is 6. The van der Waals surface area contributed by atoms with Gasteiger partial charge in [-0.15, -0.1) is 0 Å². The van der Waals surface area contributed by atoms with Crippen molar-refractivity contribution in [3.05, 3.63) is 56.2 Å². The maximum atomic E-state index is 12.9. The van der Waals surface area contributed by atoms with Crippen LogP contribution in [0.15, 0.2) is 39.0 Å². The van der Waals surface area contributed by atoms with E-state index in [-0.39, 0.29) is 19.2 Å². The van der Waals surface area contributed by atoms with E-state index in [0.29, 0.717) is 17.1 Å². The highest BCUT2D eigenvalue weighted by atomic mass is 16.3. The largest absolute Gasteiger partial charge is 0.394 e. The molecule has 1 N–H and O–H groups in total. The van der Waals surface area contributed by atoms with Crippen molar-refractivity contribution in [1.82, 2.24) is 18.7 Å². The molecule has 0 bridgehead atoms. The maximum Gasteiger partial charge on any atom is 0.332 e. The molecule has 1 atom stereocenters. The lowest BCUT2D eigenvalue weighted by Gasteiger charge is -2.30. The van der Waals surface area contributed by atoms with Crippen molar-refractivity contribution in [3.8, 4) is 0 Å². The summed E-state index contributed by atoms with van der Waals surface area (Å²) in [5.41, 5.74) is 2.63. The Bertz CT molecular complexity index is 1220. The minimum atomic E-state index is -0.436. The van der Waals surface area contributed by atoms with Crippen molar-refractivity contribution >= 4 is 22.8 Å². The Kier molecular flexibility index (Phi) is 4.19. The Morgan fingerprint density at radius 3 is 2.43 bits per heavy atom. The van der Waals surface area contributed by atoms with Crippen LogP contribution in [0.1, 0.15) is 24.1 Å². The summed E-state index contributed by atoms with van der Waals surface area (Å²) in [6, 6.07) is 7.71. The Balaban J connectivity index is 2.03. The van der Waals surface area contributed by atoms with Crippen LogP contribution < -0.4 is 16.3 Å². The molecule has 28 heavy (non-hydrogen) atoms. The lowest BCUT2D eigenvalue weighted by molar-refractivity contribution is 0.300. The number of β-amino-alcohol motifs (C(OH)–C–C–N with tert-alkyl or cyclic N) is 1. The van der Waals surface area contributed by atoms with Crippen LogP contribution in [0.25, 0.3) is 11.2 Å². The van der Waals surface area contributed by atoms with Crippen LogP contribution in [0.4, 0.5) is 5.95 Å². The van der Waals surface area contributed by atoms with E-state index < -0.39 is 11.2 Å². The first-order valence-corrected chi connectivity index (χ1v) is 9.07. The van der Waals surface area contributed by atoms with Gasteiger partial charge in [-0.05, 0) is 19.4 Å². The molecule has 146 valence electrons. The molecular weight excluding hydrogens is 360 g/mol. The van der Waals surface area contributed by atoms with Crippen LogP contribution in [0.3, 0.4) is 0 Å². The number of anilines is 1.